The number of aromatic nitrogens is 5. The highest BCUT2D eigenvalue weighted by atomic mass is 19.1. The Bertz CT molecular complexity index is 816. The number of imidazole rings is 1. The predicted octanol–water partition coefficient (Wildman–Crippen LogP) is 1.55. The van der Waals surface area contributed by atoms with Gasteiger partial charge < -0.3 is 15.0 Å². The van der Waals surface area contributed by atoms with Crippen molar-refractivity contribution >= 4 is 17.0 Å². The van der Waals surface area contributed by atoms with Crippen molar-refractivity contribution in [3.8, 4) is 17.4 Å². The fourth-order valence-corrected chi connectivity index (χ4v) is 2.05. The SMILES string of the molecule is CCOc1nc(N)c2nc(-c3cncc(F)c3)n(C)c2n1. The van der Waals surface area contributed by atoms with Crippen molar-refractivity contribution in [3.63, 3.8) is 0 Å². The second-order valence-electron chi connectivity index (χ2n) is 4.38. The number of anilines is 1. The van der Waals surface area contributed by atoms with E-state index in [1.165, 1.54) is 12.3 Å². The normalized spacial score (nSPS) is 11.0. The average Bonchev–Trinajstić information content (AvgIpc) is 2.78. The summed E-state index contributed by atoms with van der Waals surface area (Å²) in [4.78, 5) is 16.5. The molecule has 0 aliphatic carbocycles. The van der Waals surface area contributed by atoms with Gasteiger partial charge in [-0.2, -0.15) is 9.97 Å². The highest BCUT2D eigenvalue weighted by molar-refractivity contribution is 5.85. The van der Waals surface area contributed by atoms with Crippen LogP contribution < -0.4 is 10.5 Å². The molecule has 0 saturated heterocycles. The summed E-state index contributed by atoms with van der Waals surface area (Å²) < 4.78 is 20.3. The summed E-state index contributed by atoms with van der Waals surface area (Å²) >= 11 is 0. The first-order valence-corrected chi connectivity index (χ1v) is 6.33. The molecule has 0 saturated carbocycles. The lowest BCUT2D eigenvalue weighted by molar-refractivity contribution is 0.314. The topological polar surface area (TPSA) is 91.7 Å². The van der Waals surface area contributed by atoms with E-state index in [-0.39, 0.29) is 11.8 Å². The van der Waals surface area contributed by atoms with Gasteiger partial charge in [0.05, 0.1) is 12.8 Å². The van der Waals surface area contributed by atoms with Crippen LogP contribution in [0.25, 0.3) is 22.6 Å². The lowest BCUT2D eigenvalue weighted by Gasteiger charge is -2.03. The molecule has 3 rings (SSSR count). The van der Waals surface area contributed by atoms with E-state index in [1.807, 2.05) is 6.92 Å². The summed E-state index contributed by atoms with van der Waals surface area (Å²) in [5, 5.41) is 0. The molecule has 0 bridgehead atoms. The molecule has 7 nitrogen and oxygen atoms in total. The van der Waals surface area contributed by atoms with Crippen molar-refractivity contribution in [1.29, 1.82) is 0 Å². The van der Waals surface area contributed by atoms with Gasteiger partial charge in [0.1, 0.15) is 11.6 Å². The number of hydrogen-bond acceptors (Lipinski definition) is 6. The van der Waals surface area contributed by atoms with Crippen LogP contribution in [-0.2, 0) is 7.05 Å². The van der Waals surface area contributed by atoms with Gasteiger partial charge in [0, 0.05) is 18.8 Å². The van der Waals surface area contributed by atoms with Gasteiger partial charge in [-0.05, 0) is 13.0 Å². The van der Waals surface area contributed by atoms with E-state index in [9.17, 15) is 4.39 Å². The fraction of sp³-hybridized carbons (Fsp3) is 0.231. The zero-order valence-corrected chi connectivity index (χ0v) is 11.5. The minimum absolute atomic E-state index is 0.189. The van der Waals surface area contributed by atoms with E-state index < -0.39 is 5.82 Å². The number of nitrogen functional groups attached to an aromatic ring is 1. The Kier molecular flexibility index (Phi) is 3.13. The van der Waals surface area contributed by atoms with E-state index in [0.717, 1.165) is 6.20 Å². The van der Waals surface area contributed by atoms with Crippen molar-refractivity contribution < 1.29 is 9.13 Å². The zero-order valence-electron chi connectivity index (χ0n) is 11.5. The van der Waals surface area contributed by atoms with E-state index in [0.29, 0.717) is 29.2 Å². The molecule has 0 aliphatic rings. The molecule has 0 amide bonds. The van der Waals surface area contributed by atoms with Gasteiger partial charge in [0.25, 0.3) is 0 Å². The molecule has 0 spiro atoms. The molecule has 0 unspecified atom stereocenters. The Hall–Kier alpha value is -2.77. The number of aryl methyl sites for hydroxylation is 1. The molecule has 0 fully saturated rings. The predicted molar refractivity (Wildman–Crippen MR) is 75.1 cm³/mol. The van der Waals surface area contributed by atoms with Gasteiger partial charge in [-0.15, -0.1) is 0 Å². The molecule has 3 aromatic rings. The van der Waals surface area contributed by atoms with Crippen LogP contribution >= 0.6 is 0 Å². The number of halogens is 1. The molecule has 21 heavy (non-hydrogen) atoms. The van der Waals surface area contributed by atoms with Crippen molar-refractivity contribution in [3.05, 3.63) is 24.3 Å². The molecule has 3 heterocycles. The van der Waals surface area contributed by atoms with Crippen LogP contribution in [0.4, 0.5) is 10.2 Å². The first-order chi connectivity index (χ1) is 10.1. The smallest absolute Gasteiger partial charge is 0.320 e. The van der Waals surface area contributed by atoms with Crippen molar-refractivity contribution in [2.24, 2.45) is 7.05 Å². The molecule has 0 radical (unpaired) electrons. The van der Waals surface area contributed by atoms with E-state index in [2.05, 4.69) is 19.9 Å². The van der Waals surface area contributed by atoms with Crippen LogP contribution in [0, 0.1) is 5.82 Å². The molecule has 2 N–H and O–H groups in total. The maximum atomic E-state index is 13.3. The maximum Gasteiger partial charge on any atom is 0.320 e. The lowest BCUT2D eigenvalue weighted by atomic mass is 10.2. The van der Waals surface area contributed by atoms with E-state index in [1.54, 1.807) is 11.6 Å². The highest BCUT2D eigenvalue weighted by Crippen LogP contribution is 2.26. The second kappa shape index (κ2) is 4.97. The van der Waals surface area contributed by atoms with Gasteiger partial charge >= 0.3 is 6.01 Å². The third-order valence-corrected chi connectivity index (χ3v) is 2.96. The molecule has 0 atom stereocenters. The summed E-state index contributed by atoms with van der Waals surface area (Å²) in [5.74, 6) is 0.287. The van der Waals surface area contributed by atoms with Gasteiger partial charge in [-0.25, -0.2) is 9.37 Å². The Labute approximate surface area is 119 Å². The fourth-order valence-electron chi connectivity index (χ4n) is 2.05. The number of nitrogens with zero attached hydrogens (tertiary/aromatic N) is 5. The van der Waals surface area contributed by atoms with Gasteiger partial charge in [-0.3, -0.25) is 4.98 Å². The van der Waals surface area contributed by atoms with Gasteiger partial charge in [-0.1, -0.05) is 0 Å². The van der Waals surface area contributed by atoms with Crippen molar-refractivity contribution in [2.45, 2.75) is 6.92 Å². The van der Waals surface area contributed by atoms with Gasteiger partial charge in [0.15, 0.2) is 17.0 Å². The van der Waals surface area contributed by atoms with Crippen LogP contribution in [0.5, 0.6) is 6.01 Å². The molecule has 108 valence electrons. The summed E-state index contributed by atoms with van der Waals surface area (Å²) in [6.07, 6.45) is 2.66. The van der Waals surface area contributed by atoms with Crippen LogP contribution in [0.1, 0.15) is 6.92 Å². The largest absolute Gasteiger partial charge is 0.464 e. The van der Waals surface area contributed by atoms with Crippen molar-refractivity contribution in [2.75, 3.05) is 12.3 Å². The third kappa shape index (κ3) is 2.24. The highest BCUT2D eigenvalue weighted by Gasteiger charge is 2.16. The Morgan fingerprint density at radius 3 is 2.81 bits per heavy atom. The monoisotopic (exact) mass is 288 g/mol. The standard InChI is InChI=1S/C13H13FN6O/c1-3-21-13-18-10(15)9-12(19-13)20(2)11(17-9)7-4-8(14)6-16-5-7/h4-6H,3H2,1-2H3,(H2,15,18,19). The molecule has 8 heteroatoms. The summed E-state index contributed by atoms with van der Waals surface area (Å²) in [6, 6.07) is 1.54. The molecule has 0 aliphatic heterocycles. The minimum atomic E-state index is -0.436. The van der Waals surface area contributed by atoms with Gasteiger partial charge in [0.2, 0.25) is 0 Å². The zero-order chi connectivity index (χ0) is 15.0. The first kappa shape index (κ1) is 13.2. The Morgan fingerprint density at radius 2 is 2.10 bits per heavy atom. The molecular formula is C13H13FN6O. The lowest BCUT2D eigenvalue weighted by Crippen LogP contribution is -2.02. The number of rotatable bonds is 3. The Balaban J connectivity index is 2.22. The number of pyridine rings is 1. The van der Waals surface area contributed by atoms with Crippen LogP contribution in [-0.4, -0.2) is 31.1 Å². The number of ether oxygens (including phenoxy) is 1. The second-order valence-corrected chi connectivity index (χ2v) is 4.38. The maximum absolute atomic E-state index is 13.3. The molecule has 0 aromatic carbocycles. The van der Waals surface area contributed by atoms with Crippen LogP contribution in [0.15, 0.2) is 18.5 Å². The van der Waals surface area contributed by atoms with Crippen molar-refractivity contribution in [1.82, 2.24) is 24.5 Å². The quantitative estimate of drug-likeness (QED) is 0.786. The van der Waals surface area contributed by atoms with Crippen LogP contribution in [0.2, 0.25) is 0 Å². The Morgan fingerprint density at radius 1 is 1.29 bits per heavy atom. The molecule has 3 aromatic heterocycles. The van der Waals surface area contributed by atoms with E-state index in [4.69, 9.17) is 10.5 Å². The minimum Gasteiger partial charge on any atom is -0.464 e. The summed E-state index contributed by atoms with van der Waals surface area (Å²) in [7, 11) is 1.76. The summed E-state index contributed by atoms with van der Waals surface area (Å²) in [6.45, 7) is 2.26. The number of hydrogen-bond donors (Lipinski definition) is 1. The number of fused-ring (bicyclic) bond motifs is 1. The number of nitrogens with two attached hydrogens (primary N) is 1. The first-order valence-electron chi connectivity index (χ1n) is 6.33. The molecular weight excluding hydrogens is 275 g/mol. The summed E-state index contributed by atoms with van der Waals surface area (Å²) in [5.41, 5.74) is 7.38. The third-order valence-electron chi connectivity index (χ3n) is 2.96. The van der Waals surface area contributed by atoms with E-state index >= 15 is 0 Å². The van der Waals surface area contributed by atoms with Crippen LogP contribution in [0.3, 0.4) is 0 Å². The average molecular weight is 288 g/mol.